The Labute approximate surface area is 182 Å². The maximum absolute atomic E-state index is 14.8. The first-order valence-electron chi connectivity index (χ1n) is 10.7. The van der Waals surface area contributed by atoms with Gasteiger partial charge in [-0.15, -0.1) is 0 Å². The molecule has 0 amide bonds. The smallest absolute Gasteiger partial charge is 0.194 e. The van der Waals surface area contributed by atoms with Crippen molar-refractivity contribution in [1.82, 2.24) is 0 Å². The molecule has 0 nitrogen and oxygen atoms in total. The third kappa shape index (κ3) is 4.15. The van der Waals surface area contributed by atoms with Crippen LogP contribution in [0.25, 0.3) is 11.1 Å². The Morgan fingerprint density at radius 2 is 1.50 bits per heavy atom. The van der Waals surface area contributed by atoms with Crippen molar-refractivity contribution in [3.8, 4) is 11.1 Å². The van der Waals surface area contributed by atoms with Crippen molar-refractivity contribution < 1.29 is 26.3 Å². The standard InChI is InChI=1S/C26H22F6/c1-2-3-4-14-7-8-19(25(31)24(14)30)16-6-5-15-10-20(21(27)11-17(15)9-16)18-12-22(28)26(32)23(29)13-18/h7-8,10-13,16H,2-6,9H2,1H3. The molecule has 0 radical (unpaired) electrons. The Hall–Kier alpha value is -2.76. The van der Waals surface area contributed by atoms with Crippen molar-refractivity contribution in [2.24, 2.45) is 0 Å². The molecule has 4 rings (SSSR count). The molecule has 168 valence electrons. The van der Waals surface area contributed by atoms with Gasteiger partial charge in [0.15, 0.2) is 29.1 Å². The van der Waals surface area contributed by atoms with Crippen LogP contribution in [-0.2, 0) is 19.3 Å². The summed E-state index contributed by atoms with van der Waals surface area (Å²) < 4.78 is 84.5. The first-order valence-corrected chi connectivity index (χ1v) is 10.7. The number of hydrogen-bond acceptors (Lipinski definition) is 0. The third-order valence-electron chi connectivity index (χ3n) is 6.24. The highest BCUT2D eigenvalue weighted by atomic mass is 19.2. The van der Waals surface area contributed by atoms with Gasteiger partial charge < -0.3 is 0 Å². The van der Waals surface area contributed by atoms with E-state index in [1.807, 2.05) is 6.92 Å². The van der Waals surface area contributed by atoms with E-state index in [9.17, 15) is 26.3 Å². The Morgan fingerprint density at radius 1 is 0.781 bits per heavy atom. The minimum Gasteiger partial charge on any atom is -0.206 e. The molecule has 0 bridgehead atoms. The number of fused-ring (bicyclic) bond motifs is 1. The van der Waals surface area contributed by atoms with Gasteiger partial charge in [-0.3, -0.25) is 0 Å². The molecule has 0 fully saturated rings. The lowest BCUT2D eigenvalue weighted by Crippen LogP contribution is -2.16. The van der Waals surface area contributed by atoms with Crippen molar-refractivity contribution in [2.75, 3.05) is 0 Å². The Balaban J connectivity index is 1.63. The van der Waals surface area contributed by atoms with Crippen molar-refractivity contribution in [2.45, 2.75) is 51.4 Å². The highest BCUT2D eigenvalue weighted by molar-refractivity contribution is 5.66. The molecule has 0 aromatic heterocycles. The second kappa shape index (κ2) is 9.00. The van der Waals surface area contributed by atoms with Crippen LogP contribution in [-0.4, -0.2) is 0 Å². The molecule has 0 N–H and O–H groups in total. The Kier molecular flexibility index (Phi) is 6.31. The summed E-state index contributed by atoms with van der Waals surface area (Å²) in [7, 11) is 0. The second-order valence-electron chi connectivity index (χ2n) is 8.34. The van der Waals surface area contributed by atoms with Crippen LogP contribution >= 0.6 is 0 Å². The minimum absolute atomic E-state index is 0.0301. The maximum Gasteiger partial charge on any atom is 0.194 e. The molecular formula is C26H22F6. The van der Waals surface area contributed by atoms with Gasteiger partial charge >= 0.3 is 0 Å². The first-order chi connectivity index (χ1) is 15.3. The summed E-state index contributed by atoms with van der Waals surface area (Å²) in [6.07, 6.45) is 3.45. The number of halogens is 6. The van der Waals surface area contributed by atoms with Crippen LogP contribution in [0.1, 0.15) is 54.4 Å². The molecule has 1 aliphatic carbocycles. The van der Waals surface area contributed by atoms with Crippen molar-refractivity contribution >= 4 is 0 Å². The number of benzene rings is 3. The van der Waals surface area contributed by atoms with Crippen molar-refractivity contribution in [3.05, 3.63) is 93.6 Å². The van der Waals surface area contributed by atoms with Gasteiger partial charge in [-0.05, 0) is 90.1 Å². The van der Waals surface area contributed by atoms with Gasteiger partial charge in [0.25, 0.3) is 0 Å². The Morgan fingerprint density at radius 3 is 2.19 bits per heavy atom. The van der Waals surface area contributed by atoms with E-state index in [0.717, 1.165) is 30.5 Å². The van der Waals surface area contributed by atoms with E-state index < -0.39 is 34.9 Å². The average Bonchev–Trinajstić information content (AvgIpc) is 2.77. The molecule has 1 aliphatic rings. The van der Waals surface area contributed by atoms with Crippen LogP contribution in [0.2, 0.25) is 0 Å². The summed E-state index contributed by atoms with van der Waals surface area (Å²) in [4.78, 5) is 0. The zero-order valence-corrected chi connectivity index (χ0v) is 17.6. The second-order valence-corrected chi connectivity index (χ2v) is 8.34. The molecule has 0 saturated heterocycles. The summed E-state index contributed by atoms with van der Waals surface area (Å²) >= 11 is 0. The number of rotatable bonds is 5. The van der Waals surface area contributed by atoms with Gasteiger partial charge in [-0.1, -0.05) is 25.5 Å². The van der Waals surface area contributed by atoms with E-state index in [2.05, 4.69) is 0 Å². The molecule has 0 saturated carbocycles. The molecule has 1 unspecified atom stereocenters. The molecule has 3 aromatic carbocycles. The Bertz CT molecular complexity index is 1140. The zero-order chi connectivity index (χ0) is 23.0. The summed E-state index contributed by atoms with van der Waals surface area (Å²) in [5, 5.41) is 0. The summed E-state index contributed by atoms with van der Waals surface area (Å²) in [5.41, 5.74) is 1.92. The van der Waals surface area contributed by atoms with E-state index in [-0.39, 0.29) is 22.6 Å². The fourth-order valence-corrected chi connectivity index (χ4v) is 4.46. The summed E-state index contributed by atoms with van der Waals surface area (Å²) in [6, 6.07) is 7.52. The van der Waals surface area contributed by atoms with Gasteiger partial charge in [0.2, 0.25) is 0 Å². The predicted molar refractivity (Wildman–Crippen MR) is 111 cm³/mol. The highest BCUT2D eigenvalue weighted by Gasteiger charge is 2.26. The summed E-state index contributed by atoms with van der Waals surface area (Å²) in [5.74, 6) is -7.07. The normalized spacial score (nSPS) is 15.7. The average molecular weight is 448 g/mol. The quantitative estimate of drug-likeness (QED) is 0.276. The first kappa shape index (κ1) is 22.4. The SMILES string of the molecule is CCCCc1ccc(C2CCc3cc(-c4cc(F)c(F)c(F)c4)c(F)cc3C2)c(F)c1F. The van der Waals surface area contributed by atoms with E-state index in [1.165, 1.54) is 12.1 Å². The van der Waals surface area contributed by atoms with Crippen LogP contribution in [0, 0.1) is 34.9 Å². The van der Waals surface area contributed by atoms with Crippen molar-refractivity contribution in [3.63, 3.8) is 0 Å². The molecule has 6 heteroatoms. The number of hydrogen-bond donors (Lipinski definition) is 0. The fraction of sp³-hybridized carbons (Fsp3) is 0.308. The number of unbranched alkanes of at least 4 members (excludes halogenated alkanes) is 1. The lowest BCUT2D eigenvalue weighted by atomic mass is 9.78. The fourth-order valence-electron chi connectivity index (χ4n) is 4.46. The van der Waals surface area contributed by atoms with Crippen LogP contribution in [0.3, 0.4) is 0 Å². The lowest BCUT2D eigenvalue weighted by Gasteiger charge is -2.26. The van der Waals surface area contributed by atoms with Gasteiger partial charge in [0.1, 0.15) is 5.82 Å². The highest BCUT2D eigenvalue weighted by Crippen LogP contribution is 2.38. The maximum atomic E-state index is 14.8. The third-order valence-corrected chi connectivity index (χ3v) is 6.24. The monoisotopic (exact) mass is 448 g/mol. The lowest BCUT2D eigenvalue weighted by molar-refractivity contribution is 0.447. The molecule has 0 aliphatic heterocycles. The van der Waals surface area contributed by atoms with Gasteiger partial charge in [-0.2, -0.15) is 0 Å². The van der Waals surface area contributed by atoms with Gasteiger partial charge in [-0.25, -0.2) is 26.3 Å². The predicted octanol–water partition coefficient (Wildman–Crippen LogP) is 7.80. The van der Waals surface area contributed by atoms with E-state index in [1.54, 1.807) is 12.1 Å². The summed E-state index contributed by atoms with van der Waals surface area (Å²) in [6.45, 7) is 1.98. The largest absolute Gasteiger partial charge is 0.206 e. The van der Waals surface area contributed by atoms with Crippen LogP contribution in [0.5, 0.6) is 0 Å². The zero-order valence-electron chi connectivity index (χ0n) is 17.6. The van der Waals surface area contributed by atoms with E-state index >= 15 is 0 Å². The number of aryl methyl sites for hydroxylation is 2. The van der Waals surface area contributed by atoms with E-state index in [4.69, 9.17) is 0 Å². The molecule has 1 atom stereocenters. The molecule has 3 aromatic rings. The molecule has 0 heterocycles. The van der Waals surface area contributed by atoms with Crippen LogP contribution in [0.15, 0.2) is 36.4 Å². The van der Waals surface area contributed by atoms with Gasteiger partial charge in [0.05, 0.1) is 0 Å². The minimum atomic E-state index is -1.61. The van der Waals surface area contributed by atoms with Crippen molar-refractivity contribution in [1.29, 1.82) is 0 Å². The topological polar surface area (TPSA) is 0 Å². The van der Waals surface area contributed by atoms with E-state index in [0.29, 0.717) is 36.8 Å². The van der Waals surface area contributed by atoms with Gasteiger partial charge in [0, 0.05) is 5.56 Å². The van der Waals surface area contributed by atoms with Crippen LogP contribution < -0.4 is 0 Å². The van der Waals surface area contributed by atoms with Crippen LogP contribution in [0.4, 0.5) is 26.3 Å². The molecular weight excluding hydrogens is 426 g/mol. The molecule has 0 spiro atoms. The molecule has 32 heavy (non-hydrogen) atoms.